The molecular weight excluding hydrogens is 552 g/mol. The number of unbranched alkanes of at least 4 members (excludes halogenated alkanes) is 1. The van der Waals surface area contributed by atoms with Crippen LogP contribution in [0.2, 0.25) is 0 Å². The summed E-state index contributed by atoms with van der Waals surface area (Å²) in [5.74, 6) is -2.12. The molecule has 2 aromatic carbocycles. The first-order chi connectivity index (χ1) is 19.0. The average Bonchev–Trinajstić information content (AvgIpc) is 2.88. The largest absolute Gasteiger partial charge is 0.355 e. The molecular formula is C28H42N4O6S2. The molecule has 0 saturated heterocycles. The van der Waals surface area contributed by atoms with Crippen LogP contribution >= 0.6 is 0 Å². The SMILES string of the molecule is Cc1ccc(S(=O)(=O)CC(=O)NCCCNCCCCNCCCNC(=O)CS(=O)(=O)c2ccc(C)cc2)cc1. The summed E-state index contributed by atoms with van der Waals surface area (Å²) in [5, 5.41) is 11.9. The monoisotopic (exact) mass is 594 g/mol. The fourth-order valence-corrected chi connectivity index (χ4v) is 6.07. The Balaban J connectivity index is 1.41. The van der Waals surface area contributed by atoms with Crippen LogP contribution in [0.1, 0.15) is 36.8 Å². The quantitative estimate of drug-likeness (QED) is 0.179. The second kappa shape index (κ2) is 17.1. The van der Waals surface area contributed by atoms with E-state index in [9.17, 15) is 26.4 Å². The van der Waals surface area contributed by atoms with Gasteiger partial charge in [-0.2, -0.15) is 0 Å². The van der Waals surface area contributed by atoms with Gasteiger partial charge in [0.1, 0.15) is 11.5 Å². The van der Waals surface area contributed by atoms with E-state index in [0.29, 0.717) is 25.9 Å². The van der Waals surface area contributed by atoms with Crippen molar-refractivity contribution in [3.63, 3.8) is 0 Å². The van der Waals surface area contributed by atoms with Crippen LogP contribution in [0.4, 0.5) is 0 Å². The Morgan fingerprint density at radius 2 is 0.850 bits per heavy atom. The van der Waals surface area contributed by atoms with Crippen molar-refractivity contribution in [2.45, 2.75) is 49.3 Å². The molecule has 0 aliphatic heterocycles. The molecule has 0 spiro atoms. The Morgan fingerprint density at radius 3 is 1.20 bits per heavy atom. The number of hydrogen-bond donors (Lipinski definition) is 4. The van der Waals surface area contributed by atoms with Gasteiger partial charge in [-0.3, -0.25) is 9.59 Å². The van der Waals surface area contributed by atoms with E-state index in [1.807, 2.05) is 13.8 Å². The standard InChI is InChI=1S/C28H42N4O6S2/c1-23-7-11-25(12-8-23)39(35,36)21-27(33)31-19-5-17-29-15-3-4-16-30-18-6-20-32-28(34)22-40(37,38)26-13-9-24(2)10-14-26/h7-14,29-30H,3-6,15-22H2,1-2H3,(H,31,33)(H,32,34). The van der Waals surface area contributed by atoms with Gasteiger partial charge >= 0.3 is 0 Å². The van der Waals surface area contributed by atoms with E-state index < -0.39 is 43.0 Å². The smallest absolute Gasteiger partial charge is 0.235 e. The topological polar surface area (TPSA) is 151 Å². The second-order valence-corrected chi connectivity index (χ2v) is 13.7. The number of carbonyl (C=O) groups is 2. The molecule has 4 N–H and O–H groups in total. The molecule has 0 saturated carbocycles. The van der Waals surface area contributed by atoms with Gasteiger partial charge in [-0.05, 0) is 90.0 Å². The summed E-state index contributed by atoms with van der Waals surface area (Å²) in [6.45, 7) is 7.67. The third kappa shape index (κ3) is 13.0. The van der Waals surface area contributed by atoms with Crippen LogP contribution in [-0.2, 0) is 29.3 Å². The van der Waals surface area contributed by atoms with Crippen LogP contribution in [0.5, 0.6) is 0 Å². The summed E-state index contributed by atoms with van der Waals surface area (Å²) in [4.78, 5) is 24.3. The Hall–Kier alpha value is -2.80. The van der Waals surface area contributed by atoms with Crippen LogP contribution in [0.25, 0.3) is 0 Å². The zero-order chi connectivity index (χ0) is 29.4. The molecule has 0 aliphatic carbocycles. The summed E-state index contributed by atoms with van der Waals surface area (Å²) in [6, 6.07) is 12.9. The van der Waals surface area contributed by atoms with E-state index >= 15 is 0 Å². The number of nitrogens with one attached hydrogen (secondary N) is 4. The molecule has 2 amide bonds. The molecule has 40 heavy (non-hydrogen) atoms. The van der Waals surface area contributed by atoms with Gasteiger partial charge in [0.15, 0.2) is 19.7 Å². The zero-order valence-corrected chi connectivity index (χ0v) is 25.0. The highest BCUT2D eigenvalue weighted by Crippen LogP contribution is 2.13. The van der Waals surface area contributed by atoms with E-state index in [0.717, 1.165) is 50.1 Å². The maximum atomic E-state index is 12.3. The molecule has 0 aliphatic rings. The van der Waals surface area contributed by atoms with Crippen LogP contribution in [-0.4, -0.2) is 79.4 Å². The van der Waals surface area contributed by atoms with Crippen molar-refractivity contribution in [2.24, 2.45) is 0 Å². The van der Waals surface area contributed by atoms with Crippen molar-refractivity contribution >= 4 is 31.5 Å². The number of hydrogen-bond acceptors (Lipinski definition) is 8. The Bertz CT molecular complexity index is 1180. The summed E-state index contributed by atoms with van der Waals surface area (Å²) >= 11 is 0. The first-order valence-corrected chi connectivity index (χ1v) is 16.8. The summed E-state index contributed by atoms with van der Waals surface area (Å²) < 4.78 is 49.2. The number of aryl methyl sites for hydroxylation is 2. The number of amides is 2. The lowest BCUT2D eigenvalue weighted by molar-refractivity contribution is -0.119. The van der Waals surface area contributed by atoms with Gasteiger partial charge in [0.2, 0.25) is 11.8 Å². The van der Waals surface area contributed by atoms with Crippen molar-refractivity contribution in [1.29, 1.82) is 0 Å². The molecule has 0 atom stereocenters. The minimum Gasteiger partial charge on any atom is -0.355 e. The average molecular weight is 595 g/mol. The number of rotatable bonds is 19. The zero-order valence-electron chi connectivity index (χ0n) is 23.4. The molecule has 12 heteroatoms. The highest BCUT2D eigenvalue weighted by atomic mass is 32.2. The van der Waals surface area contributed by atoms with Crippen LogP contribution < -0.4 is 21.3 Å². The molecule has 0 fully saturated rings. The minimum atomic E-state index is -3.64. The van der Waals surface area contributed by atoms with E-state index in [4.69, 9.17) is 0 Å². The fraction of sp³-hybridized carbons (Fsp3) is 0.500. The lowest BCUT2D eigenvalue weighted by Gasteiger charge is -2.09. The van der Waals surface area contributed by atoms with Crippen molar-refractivity contribution in [2.75, 3.05) is 50.8 Å². The molecule has 2 aromatic rings. The van der Waals surface area contributed by atoms with Crippen molar-refractivity contribution in [3.8, 4) is 0 Å². The van der Waals surface area contributed by atoms with E-state index in [1.54, 1.807) is 24.3 Å². The minimum absolute atomic E-state index is 0.151. The van der Waals surface area contributed by atoms with Crippen molar-refractivity contribution < 1.29 is 26.4 Å². The van der Waals surface area contributed by atoms with Crippen molar-refractivity contribution in [1.82, 2.24) is 21.3 Å². The van der Waals surface area contributed by atoms with Gasteiger partial charge in [-0.15, -0.1) is 0 Å². The first kappa shape index (κ1) is 33.4. The molecule has 2 rings (SSSR count). The Morgan fingerprint density at radius 1 is 0.525 bits per heavy atom. The predicted octanol–water partition coefficient (Wildman–Crippen LogP) is 1.52. The normalized spacial score (nSPS) is 11.8. The predicted molar refractivity (Wildman–Crippen MR) is 157 cm³/mol. The molecule has 222 valence electrons. The van der Waals surface area contributed by atoms with E-state index in [-0.39, 0.29) is 9.79 Å². The number of carbonyl (C=O) groups excluding carboxylic acids is 2. The van der Waals surface area contributed by atoms with Gasteiger partial charge in [0.05, 0.1) is 9.79 Å². The lowest BCUT2D eigenvalue weighted by atomic mass is 10.2. The molecule has 0 radical (unpaired) electrons. The van der Waals surface area contributed by atoms with Crippen LogP contribution in [0.3, 0.4) is 0 Å². The highest BCUT2D eigenvalue weighted by molar-refractivity contribution is 7.92. The summed E-state index contributed by atoms with van der Waals surface area (Å²) in [6.07, 6.45) is 3.35. The summed E-state index contributed by atoms with van der Waals surface area (Å²) in [5.41, 5.74) is 1.91. The van der Waals surface area contributed by atoms with Crippen LogP contribution in [0.15, 0.2) is 58.3 Å². The van der Waals surface area contributed by atoms with Gasteiger partial charge in [0, 0.05) is 13.1 Å². The molecule has 0 unspecified atom stereocenters. The van der Waals surface area contributed by atoms with Crippen LogP contribution in [0, 0.1) is 13.8 Å². The highest BCUT2D eigenvalue weighted by Gasteiger charge is 2.19. The summed E-state index contributed by atoms with van der Waals surface area (Å²) in [7, 11) is -7.28. The number of benzene rings is 2. The maximum absolute atomic E-state index is 12.3. The third-order valence-electron chi connectivity index (χ3n) is 6.06. The Labute approximate surface area is 238 Å². The lowest BCUT2D eigenvalue weighted by Crippen LogP contribution is -2.32. The van der Waals surface area contributed by atoms with Gasteiger partial charge in [-0.1, -0.05) is 35.4 Å². The molecule has 10 nitrogen and oxygen atoms in total. The van der Waals surface area contributed by atoms with Gasteiger partial charge in [-0.25, -0.2) is 16.8 Å². The molecule has 0 heterocycles. The van der Waals surface area contributed by atoms with E-state index in [2.05, 4.69) is 21.3 Å². The Kier molecular flexibility index (Phi) is 14.3. The maximum Gasteiger partial charge on any atom is 0.235 e. The molecule has 0 bridgehead atoms. The third-order valence-corrected chi connectivity index (χ3v) is 9.33. The van der Waals surface area contributed by atoms with Gasteiger partial charge in [0.25, 0.3) is 0 Å². The molecule has 0 aromatic heterocycles. The first-order valence-electron chi connectivity index (χ1n) is 13.5. The second-order valence-electron chi connectivity index (χ2n) is 9.76. The van der Waals surface area contributed by atoms with Gasteiger partial charge < -0.3 is 21.3 Å². The van der Waals surface area contributed by atoms with E-state index in [1.165, 1.54) is 24.3 Å². The fourth-order valence-electron chi connectivity index (χ4n) is 3.74. The van der Waals surface area contributed by atoms with Crippen molar-refractivity contribution in [3.05, 3.63) is 59.7 Å². The number of sulfone groups is 2.